The zero-order valence-electron chi connectivity index (χ0n) is 16.7. The van der Waals surface area contributed by atoms with E-state index < -0.39 is 6.29 Å². The Morgan fingerprint density at radius 3 is 1.42 bits per heavy atom. The number of allylic oxidation sites excluding steroid dienone is 6. The normalized spacial score (nSPS) is 13.6. The molecule has 0 atom stereocenters. The standard InChI is InChI=1S/C22H37O2/c1-18(2)10-8-12-20(5)14-16-23-22(7)24-17-15-21(6)13-9-11-19(3)4/h10-11,14-15,22H,7-9,12-13,16-17H2,1-6H3. The third kappa shape index (κ3) is 15.8. The fourth-order valence-electron chi connectivity index (χ4n) is 2.02. The number of hydrogen-bond donors (Lipinski definition) is 0. The predicted octanol–water partition coefficient (Wildman–Crippen LogP) is 6.57. The molecule has 0 saturated heterocycles. The first-order valence-corrected chi connectivity index (χ1v) is 8.95. The first-order valence-electron chi connectivity index (χ1n) is 8.95. The second-order valence-electron chi connectivity index (χ2n) is 6.84. The molecule has 0 rings (SSSR count). The van der Waals surface area contributed by atoms with E-state index in [1.165, 1.54) is 22.3 Å². The van der Waals surface area contributed by atoms with Gasteiger partial charge in [-0.05, 0) is 67.2 Å². The molecule has 0 fully saturated rings. The average molecular weight is 334 g/mol. The summed E-state index contributed by atoms with van der Waals surface area (Å²) >= 11 is 0. The Balaban J connectivity index is 3.87. The monoisotopic (exact) mass is 333 g/mol. The van der Waals surface area contributed by atoms with E-state index in [4.69, 9.17) is 9.47 Å². The topological polar surface area (TPSA) is 18.5 Å². The summed E-state index contributed by atoms with van der Waals surface area (Å²) in [6, 6.07) is 0. The van der Waals surface area contributed by atoms with Gasteiger partial charge in [-0.3, -0.25) is 0 Å². The van der Waals surface area contributed by atoms with Gasteiger partial charge >= 0.3 is 0 Å². The lowest BCUT2D eigenvalue weighted by atomic mass is 10.1. The molecule has 0 N–H and O–H groups in total. The fraction of sp³-hybridized carbons (Fsp3) is 0.591. The maximum absolute atomic E-state index is 5.57. The van der Waals surface area contributed by atoms with Gasteiger partial charge in [0.05, 0.1) is 13.2 Å². The van der Waals surface area contributed by atoms with Crippen molar-refractivity contribution in [2.45, 2.75) is 73.5 Å². The van der Waals surface area contributed by atoms with E-state index >= 15 is 0 Å². The smallest absolute Gasteiger partial charge is 0.158 e. The molecule has 0 unspecified atom stereocenters. The zero-order chi connectivity index (χ0) is 18.4. The minimum Gasteiger partial charge on any atom is -0.349 e. The van der Waals surface area contributed by atoms with Crippen molar-refractivity contribution >= 4 is 0 Å². The molecule has 0 spiro atoms. The lowest BCUT2D eigenvalue weighted by molar-refractivity contribution is -0.0959. The molecule has 0 saturated carbocycles. The van der Waals surface area contributed by atoms with Crippen LogP contribution in [0, 0.1) is 6.92 Å². The van der Waals surface area contributed by atoms with Crippen LogP contribution in [0.1, 0.15) is 67.2 Å². The molecule has 0 aromatic carbocycles. The molecule has 0 heterocycles. The second kappa shape index (κ2) is 14.2. The van der Waals surface area contributed by atoms with Crippen molar-refractivity contribution in [3.05, 3.63) is 53.5 Å². The van der Waals surface area contributed by atoms with Crippen LogP contribution in [-0.4, -0.2) is 19.5 Å². The molecular weight excluding hydrogens is 296 g/mol. The Kier molecular flexibility index (Phi) is 13.6. The summed E-state index contributed by atoms with van der Waals surface area (Å²) in [5.41, 5.74) is 5.42. The molecule has 0 aliphatic rings. The van der Waals surface area contributed by atoms with Crippen LogP contribution >= 0.6 is 0 Å². The lowest BCUT2D eigenvalue weighted by Crippen LogP contribution is -2.13. The van der Waals surface area contributed by atoms with Crippen LogP contribution in [0.2, 0.25) is 0 Å². The van der Waals surface area contributed by atoms with E-state index in [9.17, 15) is 0 Å². The van der Waals surface area contributed by atoms with Crippen LogP contribution < -0.4 is 0 Å². The summed E-state index contributed by atoms with van der Waals surface area (Å²) < 4.78 is 11.1. The molecule has 0 aliphatic heterocycles. The highest BCUT2D eigenvalue weighted by Crippen LogP contribution is 2.08. The Morgan fingerprint density at radius 1 is 0.708 bits per heavy atom. The molecule has 2 heteroatoms. The van der Waals surface area contributed by atoms with Crippen molar-refractivity contribution in [2.75, 3.05) is 13.2 Å². The van der Waals surface area contributed by atoms with Gasteiger partial charge in [0.1, 0.15) is 0 Å². The molecule has 0 aromatic heterocycles. The van der Waals surface area contributed by atoms with Gasteiger partial charge in [0.25, 0.3) is 0 Å². The van der Waals surface area contributed by atoms with Crippen LogP contribution in [0.3, 0.4) is 0 Å². The van der Waals surface area contributed by atoms with Crippen LogP contribution in [0.15, 0.2) is 46.6 Å². The van der Waals surface area contributed by atoms with Crippen molar-refractivity contribution in [3.8, 4) is 0 Å². The second-order valence-corrected chi connectivity index (χ2v) is 6.84. The van der Waals surface area contributed by atoms with Crippen LogP contribution in [0.5, 0.6) is 0 Å². The van der Waals surface area contributed by atoms with Crippen molar-refractivity contribution < 1.29 is 9.47 Å². The van der Waals surface area contributed by atoms with E-state index in [1.807, 2.05) is 0 Å². The molecule has 1 radical (unpaired) electrons. The molecule has 0 amide bonds. The average Bonchev–Trinajstić information content (AvgIpc) is 2.46. The lowest BCUT2D eigenvalue weighted by Gasteiger charge is -2.12. The van der Waals surface area contributed by atoms with Crippen molar-refractivity contribution in [1.29, 1.82) is 0 Å². The highest BCUT2D eigenvalue weighted by atomic mass is 16.7. The van der Waals surface area contributed by atoms with Gasteiger partial charge in [-0.15, -0.1) is 0 Å². The number of rotatable bonds is 12. The van der Waals surface area contributed by atoms with Crippen LogP contribution in [0.4, 0.5) is 0 Å². The summed E-state index contributed by atoms with van der Waals surface area (Å²) in [6.45, 7) is 17.8. The van der Waals surface area contributed by atoms with E-state index in [2.05, 4.69) is 72.8 Å². The highest BCUT2D eigenvalue weighted by Gasteiger charge is 2.00. The first kappa shape index (κ1) is 22.9. The van der Waals surface area contributed by atoms with E-state index in [0.29, 0.717) is 13.2 Å². The Bertz CT molecular complexity index is 403. The SMILES string of the molecule is [CH2]C(OCC=C(C)CCC=C(C)C)OCC=C(C)CCC=C(C)C. The zero-order valence-corrected chi connectivity index (χ0v) is 16.7. The summed E-state index contributed by atoms with van der Waals surface area (Å²) in [5.74, 6) is 0. The van der Waals surface area contributed by atoms with Gasteiger partial charge in [-0.25, -0.2) is 0 Å². The number of ether oxygens (including phenoxy) is 2. The third-order valence-corrected chi connectivity index (χ3v) is 3.61. The van der Waals surface area contributed by atoms with Gasteiger partial charge in [-0.2, -0.15) is 0 Å². The summed E-state index contributed by atoms with van der Waals surface area (Å²) in [5, 5.41) is 0. The summed E-state index contributed by atoms with van der Waals surface area (Å²) in [4.78, 5) is 0. The van der Waals surface area contributed by atoms with E-state index in [0.717, 1.165) is 25.7 Å². The van der Waals surface area contributed by atoms with Crippen LogP contribution in [0.25, 0.3) is 0 Å². The quantitative estimate of drug-likeness (QED) is 0.297. The fourth-order valence-corrected chi connectivity index (χ4v) is 2.02. The molecule has 0 aromatic rings. The van der Waals surface area contributed by atoms with Crippen molar-refractivity contribution in [3.63, 3.8) is 0 Å². The predicted molar refractivity (Wildman–Crippen MR) is 106 cm³/mol. The Morgan fingerprint density at radius 2 is 1.08 bits per heavy atom. The minimum atomic E-state index is -0.423. The molecular formula is C22H37O2. The molecule has 24 heavy (non-hydrogen) atoms. The van der Waals surface area contributed by atoms with E-state index in [-0.39, 0.29) is 0 Å². The first-order chi connectivity index (χ1) is 11.3. The van der Waals surface area contributed by atoms with Gasteiger partial charge in [0.15, 0.2) is 6.29 Å². The maximum atomic E-state index is 5.57. The molecule has 0 bridgehead atoms. The van der Waals surface area contributed by atoms with E-state index in [1.54, 1.807) is 0 Å². The van der Waals surface area contributed by atoms with Crippen molar-refractivity contribution in [2.24, 2.45) is 0 Å². The largest absolute Gasteiger partial charge is 0.349 e. The Hall–Kier alpha value is -1.12. The van der Waals surface area contributed by atoms with Gasteiger partial charge in [-0.1, -0.05) is 46.6 Å². The minimum absolute atomic E-state index is 0.423. The van der Waals surface area contributed by atoms with Gasteiger partial charge in [0, 0.05) is 6.92 Å². The molecule has 2 nitrogen and oxygen atoms in total. The highest BCUT2D eigenvalue weighted by molar-refractivity contribution is 5.03. The number of hydrogen-bond acceptors (Lipinski definition) is 2. The Labute approximate surface area is 150 Å². The molecule has 137 valence electrons. The molecule has 0 aliphatic carbocycles. The van der Waals surface area contributed by atoms with Crippen molar-refractivity contribution in [1.82, 2.24) is 0 Å². The van der Waals surface area contributed by atoms with Gasteiger partial charge < -0.3 is 9.47 Å². The maximum Gasteiger partial charge on any atom is 0.158 e. The summed E-state index contributed by atoms with van der Waals surface area (Å²) in [7, 11) is 0. The van der Waals surface area contributed by atoms with Gasteiger partial charge in [0.2, 0.25) is 0 Å². The third-order valence-electron chi connectivity index (χ3n) is 3.61. The summed E-state index contributed by atoms with van der Waals surface area (Å²) in [6.07, 6.45) is 12.7. The van der Waals surface area contributed by atoms with Crippen LogP contribution in [-0.2, 0) is 9.47 Å².